The molecule has 2 aromatic rings. The van der Waals surface area contributed by atoms with Gasteiger partial charge in [-0.15, -0.1) is 0 Å². The summed E-state index contributed by atoms with van der Waals surface area (Å²) in [5, 5.41) is 6.65. The summed E-state index contributed by atoms with van der Waals surface area (Å²) < 4.78 is 21.1. The van der Waals surface area contributed by atoms with Gasteiger partial charge in [0.2, 0.25) is 0 Å². The fraction of sp³-hybridized carbons (Fsp3) is 0.476. The quantitative estimate of drug-likeness (QED) is 0.559. The molecule has 1 aliphatic heterocycles. The van der Waals surface area contributed by atoms with Crippen molar-refractivity contribution < 1.29 is 13.9 Å². The van der Waals surface area contributed by atoms with Crippen LogP contribution in [0.5, 0.6) is 0 Å². The van der Waals surface area contributed by atoms with E-state index in [2.05, 4.69) is 20.6 Å². The van der Waals surface area contributed by atoms with Gasteiger partial charge in [0.1, 0.15) is 5.82 Å². The molecule has 1 aliphatic rings. The molecule has 2 heterocycles. The molecule has 0 spiro atoms. The number of rotatable bonds is 6. The Labute approximate surface area is 176 Å². The number of piperidine rings is 1. The van der Waals surface area contributed by atoms with Gasteiger partial charge >= 0.3 is 6.09 Å². The number of halogens is 1. The van der Waals surface area contributed by atoms with Gasteiger partial charge in [-0.3, -0.25) is 0 Å². The molecule has 8 nitrogen and oxygen atoms in total. The maximum Gasteiger partial charge on any atom is 0.409 e. The number of hydrogen-bond donors (Lipinski definition) is 2. The summed E-state index contributed by atoms with van der Waals surface area (Å²) in [5.74, 6) is 0.371. The lowest BCUT2D eigenvalue weighted by atomic mass is 10.1. The van der Waals surface area contributed by atoms with Crippen LogP contribution >= 0.6 is 0 Å². The number of carbonyl (C=O) groups excluding carboxylic acids is 1. The Hall–Kier alpha value is -3.10. The van der Waals surface area contributed by atoms with Crippen LogP contribution in [0.15, 0.2) is 41.9 Å². The second-order valence-electron chi connectivity index (χ2n) is 7.06. The van der Waals surface area contributed by atoms with E-state index in [0.29, 0.717) is 37.9 Å². The first-order valence-corrected chi connectivity index (χ1v) is 10.3. The van der Waals surface area contributed by atoms with E-state index in [4.69, 9.17) is 4.74 Å². The Balaban J connectivity index is 1.57. The van der Waals surface area contributed by atoms with E-state index in [1.165, 1.54) is 6.07 Å². The average molecular weight is 417 g/mol. The first-order chi connectivity index (χ1) is 14.6. The zero-order valence-corrected chi connectivity index (χ0v) is 17.5. The lowest BCUT2D eigenvalue weighted by Gasteiger charge is -2.32. The normalized spacial score (nSPS) is 15.2. The highest BCUT2D eigenvalue weighted by molar-refractivity contribution is 5.80. The molecule has 1 fully saturated rings. The van der Waals surface area contributed by atoms with Crippen LogP contribution in [0.2, 0.25) is 0 Å². The van der Waals surface area contributed by atoms with E-state index >= 15 is 0 Å². The fourth-order valence-corrected chi connectivity index (χ4v) is 3.36. The lowest BCUT2D eigenvalue weighted by Crippen LogP contribution is -2.49. The number of amides is 1. The molecular formula is C21H29FN6O2. The molecule has 9 heteroatoms. The van der Waals surface area contributed by atoms with Gasteiger partial charge in [0.25, 0.3) is 0 Å². The third-order valence-electron chi connectivity index (χ3n) is 4.92. The van der Waals surface area contributed by atoms with E-state index in [1.54, 1.807) is 34.3 Å². The van der Waals surface area contributed by atoms with E-state index in [0.717, 1.165) is 24.9 Å². The SMILES string of the molecule is CCNC(=NCc1ccc(-n2ccnc2)c(F)c1)NC1CCN(C(=O)OCC)CC1. The monoisotopic (exact) mass is 416 g/mol. The molecule has 0 aliphatic carbocycles. The third-order valence-corrected chi connectivity index (χ3v) is 4.92. The van der Waals surface area contributed by atoms with Gasteiger partial charge in [0, 0.05) is 38.1 Å². The van der Waals surface area contributed by atoms with Crippen molar-refractivity contribution in [2.75, 3.05) is 26.2 Å². The standard InChI is InChI=1S/C21H29FN6O2/c1-3-24-20(26-17-7-10-27(11-8-17)21(29)30-4-2)25-14-16-5-6-19(18(22)13-16)28-12-9-23-15-28/h5-6,9,12-13,15,17H,3-4,7-8,10-11,14H2,1-2H3,(H2,24,25,26). The second-order valence-corrected chi connectivity index (χ2v) is 7.06. The number of nitrogens with one attached hydrogen (secondary N) is 2. The summed E-state index contributed by atoms with van der Waals surface area (Å²) in [6.45, 7) is 6.58. The predicted molar refractivity (Wildman–Crippen MR) is 113 cm³/mol. The maximum atomic E-state index is 14.4. The minimum absolute atomic E-state index is 0.217. The highest BCUT2D eigenvalue weighted by Gasteiger charge is 2.24. The molecule has 0 unspecified atom stereocenters. The van der Waals surface area contributed by atoms with Gasteiger partial charge < -0.3 is 24.8 Å². The number of benzene rings is 1. The Bertz CT molecular complexity index is 847. The van der Waals surface area contributed by atoms with Gasteiger partial charge in [-0.2, -0.15) is 0 Å². The maximum absolute atomic E-state index is 14.4. The summed E-state index contributed by atoms with van der Waals surface area (Å²) >= 11 is 0. The van der Waals surface area contributed by atoms with Crippen LogP contribution in [-0.2, 0) is 11.3 Å². The van der Waals surface area contributed by atoms with Crippen LogP contribution in [0.25, 0.3) is 5.69 Å². The van der Waals surface area contributed by atoms with E-state index in [1.807, 2.05) is 19.9 Å². The van der Waals surface area contributed by atoms with Crippen LogP contribution < -0.4 is 10.6 Å². The minimum Gasteiger partial charge on any atom is -0.450 e. The molecule has 2 N–H and O–H groups in total. The highest BCUT2D eigenvalue weighted by atomic mass is 19.1. The number of aromatic nitrogens is 2. The van der Waals surface area contributed by atoms with Crippen molar-refractivity contribution >= 4 is 12.1 Å². The van der Waals surface area contributed by atoms with Crippen LogP contribution in [0.4, 0.5) is 9.18 Å². The molecule has 30 heavy (non-hydrogen) atoms. The summed E-state index contributed by atoms with van der Waals surface area (Å²) in [6.07, 6.45) is 6.27. The van der Waals surface area contributed by atoms with Crippen LogP contribution in [0, 0.1) is 5.82 Å². The number of carbonyl (C=O) groups is 1. The van der Waals surface area contributed by atoms with Crippen molar-refractivity contribution in [2.45, 2.75) is 39.3 Å². The van der Waals surface area contributed by atoms with Crippen LogP contribution in [0.3, 0.4) is 0 Å². The van der Waals surface area contributed by atoms with E-state index in [-0.39, 0.29) is 18.0 Å². The number of aliphatic imine (C=N–C) groups is 1. The van der Waals surface area contributed by atoms with Gasteiger partial charge in [-0.05, 0) is 44.4 Å². The van der Waals surface area contributed by atoms with Crippen LogP contribution in [-0.4, -0.2) is 58.8 Å². The topological polar surface area (TPSA) is 83.8 Å². The van der Waals surface area contributed by atoms with Crippen molar-refractivity contribution in [1.82, 2.24) is 25.1 Å². The highest BCUT2D eigenvalue weighted by Crippen LogP contribution is 2.16. The van der Waals surface area contributed by atoms with Crippen molar-refractivity contribution in [3.8, 4) is 5.69 Å². The summed E-state index contributed by atoms with van der Waals surface area (Å²) in [4.78, 5) is 22.1. The molecule has 1 amide bonds. The van der Waals surface area contributed by atoms with Gasteiger partial charge in [-0.1, -0.05) is 6.07 Å². The van der Waals surface area contributed by atoms with Crippen molar-refractivity contribution in [3.63, 3.8) is 0 Å². The van der Waals surface area contributed by atoms with Gasteiger partial charge in [0.05, 0.1) is 25.2 Å². The molecule has 1 aromatic heterocycles. The lowest BCUT2D eigenvalue weighted by molar-refractivity contribution is 0.0963. The number of likely N-dealkylation sites (tertiary alicyclic amines) is 1. The molecule has 3 rings (SSSR count). The number of guanidine groups is 1. The first-order valence-electron chi connectivity index (χ1n) is 10.3. The molecule has 0 atom stereocenters. The molecule has 0 radical (unpaired) electrons. The predicted octanol–water partition coefficient (Wildman–Crippen LogP) is 2.69. The van der Waals surface area contributed by atoms with Gasteiger partial charge in [-0.25, -0.2) is 19.2 Å². The Morgan fingerprint density at radius 3 is 2.77 bits per heavy atom. The molecule has 1 saturated heterocycles. The number of hydrogen-bond acceptors (Lipinski definition) is 4. The average Bonchev–Trinajstić information content (AvgIpc) is 3.27. The van der Waals surface area contributed by atoms with Crippen LogP contribution in [0.1, 0.15) is 32.3 Å². The van der Waals surface area contributed by atoms with Crippen molar-refractivity contribution in [3.05, 3.63) is 48.3 Å². The number of imidazole rings is 1. The molecular weight excluding hydrogens is 387 g/mol. The summed E-state index contributed by atoms with van der Waals surface area (Å²) in [5.41, 5.74) is 1.24. The van der Waals surface area contributed by atoms with Crippen molar-refractivity contribution in [2.24, 2.45) is 4.99 Å². The largest absolute Gasteiger partial charge is 0.450 e. The van der Waals surface area contributed by atoms with E-state index in [9.17, 15) is 9.18 Å². The third kappa shape index (κ3) is 5.71. The number of ether oxygens (including phenoxy) is 1. The van der Waals surface area contributed by atoms with E-state index < -0.39 is 0 Å². The zero-order chi connectivity index (χ0) is 21.3. The van der Waals surface area contributed by atoms with Crippen molar-refractivity contribution in [1.29, 1.82) is 0 Å². The Morgan fingerprint density at radius 2 is 2.13 bits per heavy atom. The van der Waals surface area contributed by atoms with Gasteiger partial charge in [0.15, 0.2) is 5.96 Å². The molecule has 162 valence electrons. The smallest absolute Gasteiger partial charge is 0.409 e. The Morgan fingerprint density at radius 1 is 1.33 bits per heavy atom. The minimum atomic E-state index is -0.315. The first kappa shape index (κ1) is 21.6. The molecule has 1 aromatic carbocycles. The Kier molecular flexibility index (Phi) is 7.64. The summed E-state index contributed by atoms with van der Waals surface area (Å²) in [6, 6.07) is 5.31. The second kappa shape index (κ2) is 10.6. The number of nitrogens with zero attached hydrogens (tertiary/aromatic N) is 4. The summed E-state index contributed by atoms with van der Waals surface area (Å²) in [7, 11) is 0. The molecule has 0 saturated carbocycles. The molecule has 0 bridgehead atoms. The zero-order valence-electron chi connectivity index (χ0n) is 17.5. The fourth-order valence-electron chi connectivity index (χ4n) is 3.36.